The van der Waals surface area contributed by atoms with Crippen LogP contribution in [0.1, 0.15) is 34.6 Å². The third kappa shape index (κ3) is 8.62. The van der Waals surface area contributed by atoms with E-state index in [2.05, 4.69) is 5.32 Å². The zero-order valence-electron chi connectivity index (χ0n) is 19.7. The van der Waals surface area contributed by atoms with E-state index in [1.807, 2.05) is 0 Å². The number of halogens is 1. The lowest BCUT2D eigenvalue weighted by Crippen LogP contribution is -2.56. The summed E-state index contributed by atoms with van der Waals surface area (Å²) in [6, 6.07) is 5.10. The maximum absolute atomic E-state index is 12.1. The standard InChI is InChI=1S/C22H26ClNO10S/c1-10(25)30-9-17(31-11(2)26)19(32-12(3)27)20(33-13(4)28)21(34-14(5)29)22-24-16-8-15(23)6-7-18(16)35-22/h6-8,17,19-22,24H,9H2,1-5H3/t17-,19+,20+,21-,22?/m1/s1. The van der Waals surface area contributed by atoms with Crippen molar-refractivity contribution in [1.82, 2.24) is 0 Å². The molecule has 0 aliphatic carbocycles. The number of fused-ring (bicyclic) bond motifs is 1. The van der Waals surface area contributed by atoms with Crippen LogP contribution in [-0.4, -0.2) is 66.2 Å². The van der Waals surface area contributed by atoms with Crippen LogP contribution in [0.4, 0.5) is 5.69 Å². The van der Waals surface area contributed by atoms with Gasteiger partial charge in [-0.1, -0.05) is 23.4 Å². The predicted octanol–water partition coefficient (Wildman–Crippen LogP) is 2.47. The highest BCUT2D eigenvalue weighted by Gasteiger charge is 2.48. The van der Waals surface area contributed by atoms with Crippen molar-refractivity contribution in [2.24, 2.45) is 0 Å². The van der Waals surface area contributed by atoms with E-state index in [1.165, 1.54) is 11.8 Å². The number of carbonyl (C=O) groups excluding carboxylic acids is 5. The molecule has 2 rings (SSSR count). The molecule has 0 fully saturated rings. The van der Waals surface area contributed by atoms with Crippen molar-refractivity contribution in [3.05, 3.63) is 23.2 Å². The van der Waals surface area contributed by atoms with Crippen molar-refractivity contribution >= 4 is 58.9 Å². The number of anilines is 1. The summed E-state index contributed by atoms with van der Waals surface area (Å²) >= 11 is 7.33. The van der Waals surface area contributed by atoms with Crippen molar-refractivity contribution in [2.45, 2.75) is 69.3 Å². The van der Waals surface area contributed by atoms with E-state index < -0.39 is 66.2 Å². The number of nitrogens with one attached hydrogen (secondary N) is 1. The summed E-state index contributed by atoms with van der Waals surface area (Å²) in [6.07, 6.45) is -5.59. The first-order valence-corrected chi connectivity index (χ1v) is 11.7. The summed E-state index contributed by atoms with van der Waals surface area (Å²) < 4.78 is 26.6. The van der Waals surface area contributed by atoms with Crippen LogP contribution in [0.25, 0.3) is 0 Å². The molecule has 1 aromatic carbocycles. The second-order valence-electron chi connectivity index (χ2n) is 7.50. The largest absolute Gasteiger partial charge is 0.462 e. The Hall–Kier alpha value is -2.99. The molecule has 0 amide bonds. The Morgan fingerprint density at radius 1 is 0.857 bits per heavy atom. The van der Waals surface area contributed by atoms with E-state index >= 15 is 0 Å². The summed E-state index contributed by atoms with van der Waals surface area (Å²) in [5.41, 5.74) is 0.645. The third-order valence-corrected chi connectivity index (χ3v) is 5.97. The molecule has 1 N–H and O–H groups in total. The molecule has 1 unspecified atom stereocenters. The number of benzene rings is 1. The van der Waals surface area contributed by atoms with Gasteiger partial charge in [0.25, 0.3) is 0 Å². The lowest BCUT2D eigenvalue weighted by Gasteiger charge is -2.37. The Labute approximate surface area is 211 Å². The van der Waals surface area contributed by atoms with Crippen molar-refractivity contribution < 1.29 is 47.7 Å². The monoisotopic (exact) mass is 531 g/mol. The van der Waals surface area contributed by atoms with E-state index in [0.717, 1.165) is 39.5 Å². The number of thioether (sulfide) groups is 1. The normalized spacial score (nSPS) is 17.5. The van der Waals surface area contributed by atoms with Gasteiger partial charge in [0.2, 0.25) is 0 Å². The van der Waals surface area contributed by atoms with Crippen LogP contribution in [0.2, 0.25) is 5.02 Å². The molecule has 1 heterocycles. The molecule has 1 aromatic rings. The summed E-state index contributed by atoms with van der Waals surface area (Å²) in [5.74, 6) is -3.78. The number of carbonyl (C=O) groups is 5. The molecule has 5 atom stereocenters. The van der Waals surface area contributed by atoms with Gasteiger partial charge in [0.1, 0.15) is 12.0 Å². The summed E-state index contributed by atoms with van der Waals surface area (Å²) in [6.45, 7) is 5.08. The molecule has 11 nitrogen and oxygen atoms in total. The highest BCUT2D eigenvalue weighted by Crippen LogP contribution is 2.43. The lowest BCUT2D eigenvalue weighted by atomic mass is 10.0. The first-order valence-electron chi connectivity index (χ1n) is 10.4. The van der Waals surface area contributed by atoms with Gasteiger partial charge in [0.15, 0.2) is 24.4 Å². The maximum Gasteiger partial charge on any atom is 0.303 e. The Bertz CT molecular complexity index is 987. The van der Waals surface area contributed by atoms with Crippen LogP contribution in [-0.2, 0) is 47.7 Å². The van der Waals surface area contributed by atoms with Gasteiger partial charge in [0.05, 0.1) is 5.69 Å². The predicted molar refractivity (Wildman–Crippen MR) is 124 cm³/mol. The first-order chi connectivity index (χ1) is 16.4. The second kappa shape index (κ2) is 12.6. The zero-order chi connectivity index (χ0) is 26.3. The molecule has 0 spiro atoms. The molecular formula is C22H26ClNO10S. The minimum atomic E-state index is -1.50. The minimum absolute atomic E-state index is 0.465. The number of hydrogen-bond donors (Lipinski definition) is 1. The molecule has 192 valence electrons. The highest BCUT2D eigenvalue weighted by atomic mass is 35.5. The Morgan fingerprint density at radius 3 is 1.97 bits per heavy atom. The smallest absolute Gasteiger partial charge is 0.303 e. The van der Waals surface area contributed by atoms with Gasteiger partial charge in [-0.05, 0) is 18.2 Å². The fourth-order valence-corrected chi connectivity index (χ4v) is 4.71. The Balaban J connectivity index is 2.52. The van der Waals surface area contributed by atoms with Crippen LogP contribution >= 0.6 is 23.4 Å². The van der Waals surface area contributed by atoms with Gasteiger partial charge in [-0.3, -0.25) is 24.0 Å². The van der Waals surface area contributed by atoms with Crippen molar-refractivity contribution in [2.75, 3.05) is 11.9 Å². The summed E-state index contributed by atoms with van der Waals surface area (Å²) in [5, 5.41) is 2.89. The van der Waals surface area contributed by atoms with Crippen molar-refractivity contribution in [3.63, 3.8) is 0 Å². The van der Waals surface area contributed by atoms with Crippen molar-refractivity contribution in [3.8, 4) is 0 Å². The Kier molecular flexibility index (Phi) is 10.2. The number of rotatable bonds is 10. The summed E-state index contributed by atoms with van der Waals surface area (Å²) in [7, 11) is 0. The number of hydrogen-bond acceptors (Lipinski definition) is 12. The van der Waals surface area contributed by atoms with Gasteiger partial charge in [-0.2, -0.15) is 0 Å². The van der Waals surface area contributed by atoms with E-state index in [0.29, 0.717) is 10.7 Å². The van der Waals surface area contributed by atoms with E-state index in [1.54, 1.807) is 18.2 Å². The maximum atomic E-state index is 12.1. The lowest BCUT2D eigenvalue weighted by molar-refractivity contribution is -0.202. The van der Waals surface area contributed by atoms with Gasteiger partial charge in [-0.15, -0.1) is 0 Å². The van der Waals surface area contributed by atoms with Gasteiger partial charge in [-0.25, -0.2) is 0 Å². The molecule has 35 heavy (non-hydrogen) atoms. The average Bonchev–Trinajstić information content (AvgIpc) is 3.14. The SMILES string of the molecule is CC(=O)OC[C@@H](OC(C)=O)[C@H](OC(C)=O)[C@H](OC(C)=O)[C@@H](OC(C)=O)C1Nc2cc(Cl)ccc2S1. The minimum Gasteiger partial charge on any atom is -0.462 e. The zero-order valence-corrected chi connectivity index (χ0v) is 21.3. The van der Waals surface area contributed by atoms with Crippen LogP contribution in [0, 0.1) is 0 Å². The molecule has 13 heteroatoms. The van der Waals surface area contributed by atoms with Crippen LogP contribution in [0.15, 0.2) is 23.1 Å². The van der Waals surface area contributed by atoms with Gasteiger partial charge in [0, 0.05) is 44.5 Å². The first kappa shape index (κ1) is 28.2. The van der Waals surface area contributed by atoms with E-state index in [-0.39, 0.29) is 0 Å². The summed E-state index contributed by atoms with van der Waals surface area (Å²) in [4.78, 5) is 60.1. The fraction of sp³-hybridized carbons (Fsp3) is 0.500. The average molecular weight is 532 g/mol. The van der Waals surface area contributed by atoms with E-state index in [9.17, 15) is 24.0 Å². The topological polar surface area (TPSA) is 144 Å². The molecule has 0 saturated carbocycles. The van der Waals surface area contributed by atoms with Gasteiger partial charge >= 0.3 is 29.8 Å². The fourth-order valence-electron chi connectivity index (χ4n) is 3.35. The highest BCUT2D eigenvalue weighted by molar-refractivity contribution is 8.00. The molecule has 0 aromatic heterocycles. The Morgan fingerprint density at radius 2 is 1.43 bits per heavy atom. The van der Waals surface area contributed by atoms with Crippen LogP contribution in [0.3, 0.4) is 0 Å². The van der Waals surface area contributed by atoms with Gasteiger partial charge < -0.3 is 29.0 Å². The molecule has 0 bridgehead atoms. The van der Waals surface area contributed by atoms with Crippen LogP contribution in [0.5, 0.6) is 0 Å². The quantitative estimate of drug-likeness (QED) is 0.349. The van der Waals surface area contributed by atoms with E-state index in [4.69, 9.17) is 35.3 Å². The molecule has 1 aliphatic heterocycles. The second-order valence-corrected chi connectivity index (χ2v) is 9.12. The number of ether oxygens (including phenoxy) is 5. The number of esters is 5. The molecule has 0 saturated heterocycles. The molecule has 0 radical (unpaired) electrons. The molecular weight excluding hydrogens is 506 g/mol. The van der Waals surface area contributed by atoms with Crippen molar-refractivity contribution in [1.29, 1.82) is 0 Å². The molecule has 1 aliphatic rings. The third-order valence-electron chi connectivity index (χ3n) is 4.48. The van der Waals surface area contributed by atoms with Crippen LogP contribution < -0.4 is 5.32 Å².